The highest BCUT2D eigenvalue weighted by Crippen LogP contribution is 2.26. The molecule has 1 fully saturated rings. The molecule has 1 heterocycles. The highest BCUT2D eigenvalue weighted by atomic mass is 35.5. The van der Waals surface area contributed by atoms with Crippen LogP contribution in [0.1, 0.15) is 43.5 Å². The minimum Gasteiger partial charge on any atom is -0.339 e. The van der Waals surface area contributed by atoms with E-state index >= 15 is 0 Å². The summed E-state index contributed by atoms with van der Waals surface area (Å²) >= 11 is 6.24. The Morgan fingerprint density at radius 2 is 1.92 bits per heavy atom. The number of carbonyl (C=O) groups excluding carboxylic acids is 2. The summed E-state index contributed by atoms with van der Waals surface area (Å²) in [5.41, 5.74) is 1.06. The first-order valence-electron chi connectivity index (χ1n) is 8.96. The Balaban J connectivity index is 0.00000338. The van der Waals surface area contributed by atoms with E-state index in [0.717, 1.165) is 38.9 Å². The molecule has 7 heteroatoms. The Hall–Kier alpha value is -1.30. The third-order valence-corrected chi connectivity index (χ3v) is 5.02. The van der Waals surface area contributed by atoms with Gasteiger partial charge in [0.05, 0.1) is 10.6 Å². The van der Waals surface area contributed by atoms with E-state index in [1.807, 2.05) is 25.8 Å². The zero-order valence-corrected chi connectivity index (χ0v) is 17.3. The number of benzene rings is 1. The molecule has 146 valence electrons. The first kappa shape index (κ1) is 22.7. The number of carbonyl (C=O) groups is 2. The van der Waals surface area contributed by atoms with Gasteiger partial charge in [0.25, 0.3) is 5.91 Å². The molecule has 26 heavy (non-hydrogen) atoms. The van der Waals surface area contributed by atoms with Gasteiger partial charge in [0.2, 0.25) is 5.91 Å². The molecule has 0 aliphatic carbocycles. The van der Waals surface area contributed by atoms with Gasteiger partial charge in [-0.3, -0.25) is 9.59 Å². The number of halogens is 2. The Bertz CT molecular complexity index is 615. The molecule has 2 amide bonds. The molecule has 1 saturated heterocycles. The van der Waals surface area contributed by atoms with Crippen LogP contribution in [-0.2, 0) is 4.79 Å². The maximum atomic E-state index is 12.8. The lowest BCUT2D eigenvalue weighted by atomic mass is 9.93. The molecule has 1 aliphatic rings. The highest BCUT2D eigenvalue weighted by Gasteiger charge is 2.25. The monoisotopic (exact) mass is 401 g/mol. The van der Waals surface area contributed by atoms with E-state index in [0.29, 0.717) is 22.2 Å². The lowest BCUT2D eigenvalue weighted by Gasteiger charge is -2.32. The zero-order valence-electron chi connectivity index (χ0n) is 15.7. The number of hydrogen-bond donors (Lipinski definition) is 2. The summed E-state index contributed by atoms with van der Waals surface area (Å²) in [7, 11) is 1.96. The van der Waals surface area contributed by atoms with Crippen molar-refractivity contribution >= 4 is 41.5 Å². The lowest BCUT2D eigenvalue weighted by Crippen LogP contribution is -2.39. The standard InChI is InChI=1S/C19H28ClN3O2.ClH/c1-13(2)18(24)22-15-4-5-17(20)16(12-15)19(25)23-10-7-14(8-11-23)6-9-21-3;/h4-5,12-14,21H,6-11H2,1-3H3,(H,22,24);1H. The van der Waals surface area contributed by atoms with E-state index in [1.165, 1.54) is 0 Å². The smallest absolute Gasteiger partial charge is 0.255 e. The molecule has 0 atom stereocenters. The summed E-state index contributed by atoms with van der Waals surface area (Å²) in [6.07, 6.45) is 3.19. The molecule has 1 aromatic carbocycles. The Kier molecular flexibility index (Phi) is 9.41. The van der Waals surface area contributed by atoms with Crippen molar-refractivity contribution in [3.63, 3.8) is 0 Å². The van der Waals surface area contributed by atoms with Crippen LogP contribution in [0.15, 0.2) is 18.2 Å². The van der Waals surface area contributed by atoms with Crippen LogP contribution < -0.4 is 10.6 Å². The second-order valence-corrected chi connectivity index (χ2v) is 7.37. The van der Waals surface area contributed by atoms with E-state index in [1.54, 1.807) is 18.2 Å². The van der Waals surface area contributed by atoms with E-state index in [2.05, 4.69) is 10.6 Å². The van der Waals surface area contributed by atoms with Crippen molar-refractivity contribution in [3.8, 4) is 0 Å². The molecule has 2 rings (SSSR count). The SMILES string of the molecule is CNCCC1CCN(C(=O)c2cc(NC(=O)C(C)C)ccc2Cl)CC1.Cl. The van der Waals surface area contributed by atoms with Crippen molar-refractivity contribution in [1.82, 2.24) is 10.2 Å². The number of amides is 2. The number of nitrogens with zero attached hydrogens (tertiary/aromatic N) is 1. The summed E-state index contributed by atoms with van der Waals surface area (Å²) in [4.78, 5) is 26.6. The van der Waals surface area contributed by atoms with Gasteiger partial charge in [-0.2, -0.15) is 0 Å². The number of rotatable bonds is 6. The fraction of sp³-hybridized carbons (Fsp3) is 0.579. The summed E-state index contributed by atoms with van der Waals surface area (Å²) in [5.74, 6) is 0.416. The summed E-state index contributed by atoms with van der Waals surface area (Å²) in [6, 6.07) is 5.08. The maximum absolute atomic E-state index is 12.8. The van der Waals surface area contributed by atoms with Crippen molar-refractivity contribution in [3.05, 3.63) is 28.8 Å². The van der Waals surface area contributed by atoms with Crippen molar-refractivity contribution in [1.29, 1.82) is 0 Å². The van der Waals surface area contributed by atoms with Crippen LogP contribution in [-0.4, -0.2) is 43.4 Å². The van der Waals surface area contributed by atoms with E-state index in [9.17, 15) is 9.59 Å². The van der Waals surface area contributed by atoms with Gasteiger partial charge in [-0.1, -0.05) is 25.4 Å². The van der Waals surface area contributed by atoms with Crippen molar-refractivity contribution in [2.45, 2.75) is 33.1 Å². The first-order chi connectivity index (χ1) is 11.9. The van der Waals surface area contributed by atoms with Crippen LogP contribution in [0.2, 0.25) is 5.02 Å². The number of likely N-dealkylation sites (tertiary alicyclic amines) is 1. The van der Waals surface area contributed by atoms with Gasteiger partial charge < -0.3 is 15.5 Å². The Morgan fingerprint density at radius 1 is 1.27 bits per heavy atom. The topological polar surface area (TPSA) is 61.4 Å². The summed E-state index contributed by atoms with van der Waals surface area (Å²) in [5, 5.41) is 6.42. The molecule has 0 saturated carbocycles. The molecule has 0 unspecified atom stereocenters. The van der Waals surface area contributed by atoms with Crippen LogP contribution in [0.3, 0.4) is 0 Å². The van der Waals surface area contributed by atoms with Gasteiger partial charge in [0.1, 0.15) is 0 Å². The van der Waals surface area contributed by atoms with Crippen molar-refractivity contribution in [2.75, 3.05) is 32.0 Å². The molecule has 2 N–H and O–H groups in total. The average molecular weight is 402 g/mol. The van der Waals surface area contributed by atoms with Crippen LogP contribution >= 0.6 is 24.0 Å². The van der Waals surface area contributed by atoms with Crippen molar-refractivity contribution in [2.24, 2.45) is 11.8 Å². The average Bonchev–Trinajstić information content (AvgIpc) is 2.61. The van der Waals surface area contributed by atoms with Gasteiger partial charge in [0.15, 0.2) is 0 Å². The molecule has 0 bridgehead atoms. The maximum Gasteiger partial charge on any atom is 0.255 e. The van der Waals surface area contributed by atoms with Gasteiger partial charge in [-0.15, -0.1) is 12.4 Å². The third-order valence-electron chi connectivity index (χ3n) is 4.69. The van der Waals surface area contributed by atoms with Gasteiger partial charge in [-0.25, -0.2) is 0 Å². The lowest BCUT2D eigenvalue weighted by molar-refractivity contribution is -0.118. The van der Waals surface area contributed by atoms with Gasteiger partial charge >= 0.3 is 0 Å². The Labute approximate surface area is 167 Å². The first-order valence-corrected chi connectivity index (χ1v) is 9.34. The number of anilines is 1. The molecule has 0 spiro atoms. The number of piperidine rings is 1. The number of hydrogen-bond acceptors (Lipinski definition) is 3. The third kappa shape index (κ3) is 6.15. The summed E-state index contributed by atoms with van der Waals surface area (Å²) in [6.45, 7) is 6.19. The molecule has 1 aromatic rings. The van der Waals surface area contributed by atoms with Crippen LogP contribution in [0, 0.1) is 11.8 Å². The van der Waals surface area contributed by atoms with E-state index in [-0.39, 0.29) is 30.1 Å². The fourth-order valence-corrected chi connectivity index (χ4v) is 3.20. The highest BCUT2D eigenvalue weighted by molar-refractivity contribution is 6.34. The quantitative estimate of drug-likeness (QED) is 0.761. The largest absolute Gasteiger partial charge is 0.339 e. The van der Waals surface area contributed by atoms with Gasteiger partial charge in [0, 0.05) is 24.7 Å². The number of nitrogens with one attached hydrogen (secondary N) is 2. The normalized spacial score (nSPS) is 14.9. The molecule has 5 nitrogen and oxygen atoms in total. The predicted octanol–water partition coefficient (Wildman–Crippen LogP) is 3.82. The fourth-order valence-electron chi connectivity index (χ4n) is 3.00. The van der Waals surface area contributed by atoms with E-state index in [4.69, 9.17) is 11.6 Å². The Morgan fingerprint density at radius 3 is 2.50 bits per heavy atom. The second kappa shape index (κ2) is 10.8. The predicted molar refractivity (Wildman–Crippen MR) is 109 cm³/mol. The van der Waals surface area contributed by atoms with Crippen LogP contribution in [0.5, 0.6) is 0 Å². The zero-order chi connectivity index (χ0) is 18.4. The molecule has 1 aliphatic heterocycles. The van der Waals surface area contributed by atoms with Crippen molar-refractivity contribution < 1.29 is 9.59 Å². The molecular formula is C19H29Cl2N3O2. The molecule has 0 aromatic heterocycles. The molecular weight excluding hydrogens is 373 g/mol. The summed E-state index contributed by atoms with van der Waals surface area (Å²) < 4.78 is 0. The van der Waals surface area contributed by atoms with Crippen LogP contribution in [0.25, 0.3) is 0 Å². The van der Waals surface area contributed by atoms with Crippen LogP contribution in [0.4, 0.5) is 5.69 Å². The minimum absolute atomic E-state index is 0. The second-order valence-electron chi connectivity index (χ2n) is 6.97. The molecule has 0 radical (unpaired) electrons. The van der Waals surface area contributed by atoms with E-state index < -0.39 is 0 Å². The minimum atomic E-state index is -0.119. The van der Waals surface area contributed by atoms with Gasteiger partial charge in [-0.05, 0) is 57.0 Å².